The van der Waals surface area contributed by atoms with Crippen LogP contribution in [0.5, 0.6) is 11.5 Å². The molecule has 4 N–H and O–H groups in total. The summed E-state index contributed by atoms with van der Waals surface area (Å²) in [7, 11) is 2.44. The Kier molecular flexibility index (Phi) is 6.90. The van der Waals surface area contributed by atoms with Crippen LogP contribution in [0.3, 0.4) is 0 Å². The summed E-state index contributed by atoms with van der Waals surface area (Å²) in [5.41, 5.74) is -1.95. The predicted octanol–water partition coefficient (Wildman–Crippen LogP) is 1.84. The Bertz CT molecular complexity index is 1110. The van der Waals surface area contributed by atoms with Crippen molar-refractivity contribution >= 4 is 17.5 Å². The summed E-state index contributed by atoms with van der Waals surface area (Å²) in [5.74, 6) is -1.98. The van der Waals surface area contributed by atoms with E-state index in [1.165, 1.54) is 58.4 Å². The second-order valence-electron chi connectivity index (χ2n) is 8.68. The second-order valence-corrected chi connectivity index (χ2v) is 8.68. The Morgan fingerprint density at radius 3 is 2.32 bits per heavy atom. The van der Waals surface area contributed by atoms with Crippen molar-refractivity contribution in [2.24, 2.45) is 0 Å². The molecule has 0 spiro atoms. The number of methoxy groups -OCH3 is 2. The molecular weight excluding hydrogens is 444 g/mol. The standard InChI is InChI=1S/C25H28O9/c1-24(2,31)19(28)12-16-11-14(5-10-18(16)27)13-25(23(30)33-4)20(21(32-3)22(29)34-25)15-6-8-17(26)9-7-15/h5-11,19,26-28,31H,12-13H2,1-4H3. The number of cyclic esters (lactones) is 1. The Hall–Kier alpha value is -3.56. The van der Waals surface area contributed by atoms with Crippen LogP contribution >= 0.6 is 0 Å². The molecule has 0 bridgehead atoms. The number of carbonyl (C=O) groups is 2. The lowest BCUT2D eigenvalue weighted by molar-refractivity contribution is -0.169. The van der Waals surface area contributed by atoms with Crippen LogP contribution in [0.4, 0.5) is 0 Å². The maximum atomic E-state index is 13.1. The van der Waals surface area contributed by atoms with Crippen molar-refractivity contribution in [3.63, 3.8) is 0 Å². The maximum absolute atomic E-state index is 13.1. The molecule has 0 amide bonds. The van der Waals surface area contributed by atoms with E-state index in [9.17, 15) is 30.0 Å². The van der Waals surface area contributed by atoms with Crippen LogP contribution in [0.15, 0.2) is 48.2 Å². The summed E-state index contributed by atoms with van der Waals surface area (Å²) >= 11 is 0. The van der Waals surface area contributed by atoms with E-state index in [1.807, 2.05) is 0 Å². The van der Waals surface area contributed by atoms with Crippen molar-refractivity contribution in [1.29, 1.82) is 0 Å². The topological polar surface area (TPSA) is 143 Å². The molecule has 1 aliphatic heterocycles. The van der Waals surface area contributed by atoms with Gasteiger partial charge in [-0.3, -0.25) is 0 Å². The van der Waals surface area contributed by atoms with Gasteiger partial charge in [0.1, 0.15) is 11.5 Å². The first-order valence-corrected chi connectivity index (χ1v) is 10.5. The number of hydrogen-bond acceptors (Lipinski definition) is 9. The highest BCUT2D eigenvalue weighted by molar-refractivity contribution is 6.11. The number of aromatic hydroxyl groups is 2. The molecule has 0 fully saturated rings. The number of hydrogen-bond donors (Lipinski definition) is 4. The van der Waals surface area contributed by atoms with E-state index in [1.54, 1.807) is 12.1 Å². The van der Waals surface area contributed by atoms with Crippen LogP contribution in [-0.4, -0.2) is 63.9 Å². The number of aliphatic hydroxyl groups excluding tert-OH is 1. The minimum absolute atomic E-state index is 0.00855. The Balaban J connectivity index is 2.11. The van der Waals surface area contributed by atoms with Gasteiger partial charge in [-0.05, 0) is 48.7 Å². The van der Waals surface area contributed by atoms with Crippen molar-refractivity contribution in [2.45, 2.75) is 44.0 Å². The van der Waals surface area contributed by atoms with Crippen LogP contribution in [0.25, 0.3) is 5.57 Å². The van der Waals surface area contributed by atoms with Crippen LogP contribution in [-0.2, 0) is 36.6 Å². The third-order valence-electron chi connectivity index (χ3n) is 5.78. The third-order valence-corrected chi connectivity index (χ3v) is 5.78. The molecule has 34 heavy (non-hydrogen) atoms. The van der Waals surface area contributed by atoms with Crippen molar-refractivity contribution < 1.29 is 44.2 Å². The molecule has 0 aliphatic carbocycles. The van der Waals surface area contributed by atoms with Crippen molar-refractivity contribution in [1.82, 2.24) is 0 Å². The number of phenolic OH excluding ortho intramolecular Hbond substituents is 2. The molecule has 9 nitrogen and oxygen atoms in total. The number of aliphatic hydroxyl groups is 2. The minimum atomic E-state index is -1.91. The van der Waals surface area contributed by atoms with Gasteiger partial charge in [-0.15, -0.1) is 0 Å². The van der Waals surface area contributed by atoms with Gasteiger partial charge in [0, 0.05) is 12.8 Å². The molecule has 1 heterocycles. The number of benzene rings is 2. The lowest BCUT2D eigenvalue weighted by atomic mass is 9.82. The third kappa shape index (κ3) is 4.71. The Labute approximate surface area is 196 Å². The van der Waals surface area contributed by atoms with E-state index in [-0.39, 0.29) is 35.7 Å². The predicted molar refractivity (Wildman–Crippen MR) is 121 cm³/mol. The van der Waals surface area contributed by atoms with Gasteiger partial charge in [-0.1, -0.05) is 24.3 Å². The lowest BCUT2D eigenvalue weighted by Crippen LogP contribution is -2.44. The molecule has 9 heteroatoms. The van der Waals surface area contributed by atoms with Crippen LogP contribution in [0.1, 0.15) is 30.5 Å². The van der Waals surface area contributed by atoms with E-state index in [4.69, 9.17) is 14.2 Å². The SMILES string of the molecule is COC(=O)C1(Cc2ccc(O)c(CC(O)C(C)(C)O)c2)OC(=O)C(OC)=C1c1ccc(O)cc1. The molecule has 2 aromatic carbocycles. The van der Waals surface area contributed by atoms with Gasteiger partial charge in [0.15, 0.2) is 0 Å². The molecule has 2 atom stereocenters. The molecule has 0 aromatic heterocycles. The first-order chi connectivity index (χ1) is 15.9. The lowest BCUT2D eigenvalue weighted by Gasteiger charge is -2.29. The molecular formula is C25H28O9. The highest BCUT2D eigenvalue weighted by atomic mass is 16.6. The van der Waals surface area contributed by atoms with Crippen molar-refractivity contribution in [2.75, 3.05) is 14.2 Å². The number of esters is 2. The van der Waals surface area contributed by atoms with Crippen LogP contribution in [0, 0.1) is 0 Å². The van der Waals surface area contributed by atoms with Gasteiger partial charge in [0.05, 0.1) is 31.5 Å². The summed E-state index contributed by atoms with van der Waals surface area (Å²) < 4.78 is 15.9. The van der Waals surface area contributed by atoms with Gasteiger partial charge in [-0.25, -0.2) is 9.59 Å². The van der Waals surface area contributed by atoms with Gasteiger partial charge in [-0.2, -0.15) is 0 Å². The monoisotopic (exact) mass is 472 g/mol. The van der Waals surface area contributed by atoms with Crippen LogP contribution in [0.2, 0.25) is 0 Å². The molecule has 2 unspecified atom stereocenters. The fourth-order valence-electron chi connectivity index (χ4n) is 3.88. The van der Waals surface area contributed by atoms with Gasteiger partial charge in [0.25, 0.3) is 0 Å². The van der Waals surface area contributed by atoms with Gasteiger partial charge >= 0.3 is 11.9 Å². The normalized spacial score (nSPS) is 19.1. The van der Waals surface area contributed by atoms with E-state index in [0.717, 1.165) is 0 Å². The Morgan fingerprint density at radius 1 is 1.12 bits per heavy atom. The zero-order valence-corrected chi connectivity index (χ0v) is 19.4. The average molecular weight is 472 g/mol. The van der Waals surface area contributed by atoms with E-state index >= 15 is 0 Å². The fourth-order valence-corrected chi connectivity index (χ4v) is 3.88. The molecule has 1 aliphatic rings. The number of ether oxygens (including phenoxy) is 3. The summed E-state index contributed by atoms with van der Waals surface area (Å²) in [6.45, 7) is 2.90. The first-order valence-electron chi connectivity index (χ1n) is 10.5. The summed E-state index contributed by atoms with van der Waals surface area (Å²) in [5, 5.41) is 40.3. The van der Waals surface area contributed by atoms with Crippen molar-refractivity contribution in [3.05, 3.63) is 64.9 Å². The van der Waals surface area contributed by atoms with Crippen molar-refractivity contribution in [3.8, 4) is 11.5 Å². The molecule has 3 rings (SSSR count). The number of carbonyl (C=O) groups excluding carboxylic acids is 2. The first kappa shape index (κ1) is 25.1. The minimum Gasteiger partial charge on any atom is -0.508 e. The molecule has 0 radical (unpaired) electrons. The zero-order valence-electron chi connectivity index (χ0n) is 19.4. The van der Waals surface area contributed by atoms with Gasteiger partial charge in [0.2, 0.25) is 11.4 Å². The number of rotatable bonds is 8. The van der Waals surface area contributed by atoms with Gasteiger partial charge < -0.3 is 34.6 Å². The second kappa shape index (κ2) is 9.36. The van der Waals surface area contributed by atoms with Crippen LogP contribution < -0.4 is 0 Å². The molecule has 2 aromatic rings. The maximum Gasteiger partial charge on any atom is 0.375 e. The number of phenols is 2. The van der Waals surface area contributed by atoms with E-state index < -0.39 is 29.2 Å². The summed E-state index contributed by atoms with van der Waals surface area (Å²) in [6, 6.07) is 10.3. The van der Waals surface area contributed by atoms with E-state index in [0.29, 0.717) is 16.7 Å². The molecule has 182 valence electrons. The molecule has 0 saturated heterocycles. The smallest absolute Gasteiger partial charge is 0.375 e. The fraction of sp³-hybridized carbons (Fsp3) is 0.360. The molecule has 0 saturated carbocycles. The van der Waals surface area contributed by atoms with E-state index in [2.05, 4.69) is 0 Å². The Morgan fingerprint density at radius 2 is 1.76 bits per heavy atom. The average Bonchev–Trinajstić information content (AvgIpc) is 3.07. The summed E-state index contributed by atoms with van der Waals surface area (Å²) in [4.78, 5) is 25.8. The quantitative estimate of drug-likeness (QED) is 0.423. The largest absolute Gasteiger partial charge is 0.508 e. The highest BCUT2D eigenvalue weighted by Crippen LogP contribution is 2.44. The zero-order chi connectivity index (χ0) is 25.3. The summed E-state index contributed by atoms with van der Waals surface area (Å²) in [6.07, 6.45) is -1.39. The highest BCUT2D eigenvalue weighted by Gasteiger charge is 2.56.